The Bertz CT molecular complexity index is 1070. The minimum atomic E-state index is -2.66. The van der Waals surface area contributed by atoms with Crippen molar-refractivity contribution < 1.29 is 18.4 Å². The number of para-hydroxylation sites is 3. The highest BCUT2D eigenvalue weighted by atomic mass is 32.2. The fraction of sp³-hybridized carbons (Fsp3) is 0.318. The highest BCUT2D eigenvalue weighted by Crippen LogP contribution is 2.28. The minimum absolute atomic E-state index is 0.0744. The summed E-state index contributed by atoms with van der Waals surface area (Å²) in [5, 5.41) is 2.90. The van der Waals surface area contributed by atoms with Gasteiger partial charge in [0.15, 0.2) is 5.16 Å². The summed E-state index contributed by atoms with van der Waals surface area (Å²) in [6.45, 7) is 3.88. The van der Waals surface area contributed by atoms with E-state index < -0.39 is 5.76 Å². The van der Waals surface area contributed by atoms with Crippen LogP contribution >= 0.6 is 11.8 Å². The molecule has 2 aromatic carbocycles. The Morgan fingerprint density at radius 3 is 2.58 bits per heavy atom. The van der Waals surface area contributed by atoms with E-state index in [2.05, 4.69) is 10.3 Å². The maximum Gasteiger partial charge on any atom is 0.291 e. The van der Waals surface area contributed by atoms with Crippen LogP contribution in [0.3, 0.4) is 0 Å². The second kappa shape index (κ2) is 10.4. The van der Waals surface area contributed by atoms with Crippen LogP contribution in [0.15, 0.2) is 53.7 Å². The van der Waals surface area contributed by atoms with Crippen molar-refractivity contribution >= 4 is 40.3 Å². The average Bonchev–Trinajstić information content (AvgIpc) is 3.05. The van der Waals surface area contributed by atoms with Crippen LogP contribution in [0.1, 0.15) is 18.9 Å². The fourth-order valence-electron chi connectivity index (χ4n) is 3.25. The number of fused-ring (bicyclic) bond motifs is 1. The molecule has 9 heteroatoms. The van der Waals surface area contributed by atoms with E-state index in [1.54, 1.807) is 30.3 Å². The number of amides is 2. The molecular formula is C22H24F2N4O2S. The van der Waals surface area contributed by atoms with Crippen molar-refractivity contribution in [2.45, 2.75) is 37.7 Å². The van der Waals surface area contributed by atoms with Crippen LogP contribution in [0, 0.1) is 6.92 Å². The van der Waals surface area contributed by atoms with Crippen molar-refractivity contribution in [3.63, 3.8) is 0 Å². The van der Waals surface area contributed by atoms with E-state index in [0.29, 0.717) is 41.4 Å². The van der Waals surface area contributed by atoms with Crippen molar-refractivity contribution in [3.05, 3.63) is 54.1 Å². The number of anilines is 1. The second-order valence-electron chi connectivity index (χ2n) is 7.03. The Balaban J connectivity index is 1.78. The maximum atomic E-state index is 13.0. The summed E-state index contributed by atoms with van der Waals surface area (Å²) in [6.07, 6.45) is 0.659. The normalized spacial score (nSPS) is 11.1. The lowest BCUT2D eigenvalue weighted by Crippen LogP contribution is -2.40. The monoisotopic (exact) mass is 446 g/mol. The van der Waals surface area contributed by atoms with E-state index in [9.17, 15) is 18.4 Å². The van der Waals surface area contributed by atoms with Crippen molar-refractivity contribution in [2.75, 3.05) is 18.4 Å². The first-order valence-corrected chi connectivity index (χ1v) is 10.8. The SMILES string of the molecule is CCCN(CC(=O)Nc1ccccc1C)C(=O)Cn1c(SC(F)F)nc2ccccc21. The molecule has 0 radical (unpaired) electrons. The molecule has 0 fully saturated rings. The summed E-state index contributed by atoms with van der Waals surface area (Å²) in [5.41, 5.74) is 2.74. The van der Waals surface area contributed by atoms with E-state index in [-0.39, 0.29) is 30.1 Å². The number of rotatable bonds is 9. The molecule has 31 heavy (non-hydrogen) atoms. The molecule has 0 spiro atoms. The van der Waals surface area contributed by atoms with Crippen LogP contribution in [0.4, 0.5) is 14.5 Å². The quantitative estimate of drug-likeness (QED) is 0.490. The van der Waals surface area contributed by atoms with Crippen LogP contribution in [0.2, 0.25) is 0 Å². The topological polar surface area (TPSA) is 67.2 Å². The van der Waals surface area contributed by atoms with Crippen LogP contribution in [0.5, 0.6) is 0 Å². The van der Waals surface area contributed by atoms with Gasteiger partial charge in [0, 0.05) is 12.2 Å². The number of halogens is 2. The zero-order valence-electron chi connectivity index (χ0n) is 17.3. The summed E-state index contributed by atoms with van der Waals surface area (Å²) in [5.74, 6) is -3.30. The van der Waals surface area contributed by atoms with Gasteiger partial charge in [-0.1, -0.05) is 37.3 Å². The van der Waals surface area contributed by atoms with Gasteiger partial charge in [-0.05, 0) is 48.9 Å². The van der Waals surface area contributed by atoms with Crippen LogP contribution < -0.4 is 5.32 Å². The van der Waals surface area contributed by atoms with Gasteiger partial charge in [0.1, 0.15) is 6.54 Å². The summed E-state index contributed by atoms with van der Waals surface area (Å²) in [4.78, 5) is 31.3. The first-order chi connectivity index (χ1) is 14.9. The molecule has 1 heterocycles. The smallest absolute Gasteiger partial charge is 0.291 e. The molecule has 0 saturated heterocycles. The molecule has 3 rings (SSSR count). The number of aromatic nitrogens is 2. The number of benzene rings is 2. The molecule has 164 valence electrons. The van der Waals surface area contributed by atoms with Crippen LogP contribution in [0.25, 0.3) is 11.0 Å². The predicted molar refractivity (Wildman–Crippen MR) is 118 cm³/mol. The van der Waals surface area contributed by atoms with Gasteiger partial charge in [0.25, 0.3) is 5.76 Å². The molecule has 2 amide bonds. The number of hydrogen-bond acceptors (Lipinski definition) is 4. The second-order valence-corrected chi connectivity index (χ2v) is 7.98. The number of carbonyl (C=O) groups excluding carboxylic acids is 2. The highest BCUT2D eigenvalue weighted by Gasteiger charge is 2.22. The molecule has 0 bridgehead atoms. The highest BCUT2D eigenvalue weighted by molar-refractivity contribution is 7.99. The molecule has 0 aliphatic rings. The number of hydrogen-bond donors (Lipinski definition) is 1. The number of imidazole rings is 1. The first kappa shape index (κ1) is 22.7. The molecule has 0 saturated carbocycles. The maximum absolute atomic E-state index is 13.0. The van der Waals surface area contributed by atoms with E-state index in [4.69, 9.17) is 0 Å². The lowest BCUT2D eigenvalue weighted by Gasteiger charge is -2.22. The first-order valence-electron chi connectivity index (χ1n) is 9.92. The Labute approximate surface area is 183 Å². The number of thioether (sulfide) groups is 1. The van der Waals surface area contributed by atoms with Gasteiger partial charge < -0.3 is 14.8 Å². The predicted octanol–water partition coefficient (Wildman–Crippen LogP) is 4.54. The van der Waals surface area contributed by atoms with Gasteiger partial charge in [0.2, 0.25) is 11.8 Å². The standard InChI is InChI=1S/C22H24F2N4O2S/c1-3-12-27(13-19(29)25-16-9-5-4-8-15(16)2)20(30)14-28-18-11-7-6-10-17(18)26-22(28)31-21(23)24/h4-11,21H,3,12-14H2,1-2H3,(H,25,29). The Morgan fingerprint density at radius 1 is 1.16 bits per heavy atom. The van der Waals surface area contributed by atoms with Gasteiger partial charge in [-0.25, -0.2) is 4.98 Å². The van der Waals surface area contributed by atoms with E-state index in [1.807, 2.05) is 32.0 Å². The molecule has 0 atom stereocenters. The van der Waals surface area contributed by atoms with Gasteiger partial charge >= 0.3 is 0 Å². The molecule has 1 aromatic heterocycles. The average molecular weight is 447 g/mol. The van der Waals surface area contributed by atoms with E-state index >= 15 is 0 Å². The van der Waals surface area contributed by atoms with Crippen molar-refractivity contribution in [1.82, 2.24) is 14.5 Å². The van der Waals surface area contributed by atoms with Gasteiger partial charge in [-0.15, -0.1) is 0 Å². The summed E-state index contributed by atoms with van der Waals surface area (Å²) in [7, 11) is 0. The Hall–Kier alpha value is -2.94. The van der Waals surface area contributed by atoms with Gasteiger partial charge in [-0.2, -0.15) is 8.78 Å². The van der Waals surface area contributed by atoms with Crippen LogP contribution in [-0.2, 0) is 16.1 Å². The summed E-state index contributed by atoms with van der Waals surface area (Å²) in [6, 6.07) is 14.4. The van der Waals surface area contributed by atoms with Gasteiger partial charge in [0.05, 0.1) is 17.6 Å². The number of aryl methyl sites for hydroxylation is 1. The van der Waals surface area contributed by atoms with Crippen LogP contribution in [-0.4, -0.2) is 45.1 Å². The molecule has 0 unspecified atom stereocenters. The zero-order chi connectivity index (χ0) is 22.4. The molecule has 0 aliphatic carbocycles. The minimum Gasteiger partial charge on any atom is -0.332 e. The van der Waals surface area contributed by atoms with Crippen molar-refractivity contribution in [3.8, 4) is 0 Å². The Kier molecular flexibility index (Phi) is 7.62. The van der Waals surface area contributed by atoms with Crippen molar-refractivity contribution in [1.29, 1.82) is 0 Å². The summed E-state index contributed by atoms with van der Waals surface area (Å²) >= 11 is 0.304. The lowest BCUT2D eigenvalue weighted by molar-refractivity contribution is -0.135. The molecular weight excluding hydrogens is 422 g/mol. The van der Waals surface area contributed by atoms with E-state index in [1.165, 1.54) is 9.47 Å². The lowest BCUT2D eigenvalue weighted by atomic mass is 10.2. The molecule has 6 nitrogen and oxygen atoms in total. The third-order valence-electron chi connectivity index (χ3n) is 4.71. The third kappa shape index (κ3) is 5.81. The fourth-order valence-corrected chi connectivity index (χ4v) is 3.85. The van der Waals surface area contributed by atoms with Crippen molar-refractivity contribution in [2.24, 2.45) is 0 Å². The zero-order valence-corrected chi connectivity index (χ0v) is 18.2. The summed E-state index contributed by atoms with van der Waals surface area (Å²) < 4.78 is 27.5. The number of nitrogens with one attached hydrogen (secondary N) is 1. The Morgan fingerprint density at radius 2 is 1.87 bits per heavy atom. The third-order valence-corrected chi connectivity index (χ3v) is 5.41. The number of alkyl halides is 2. The van der Waals surface area contributed by atoms with Gasteiger partial charge in [-0.3, -0.25) is 9.59 Å². The van der Waals surface area contributed by atoms with E-state index in [0.717, 1.165) is 5.56 Å². The molecule has 1 N–H and O–H groups in total. The number of nitrogens with zero attached hydrogens (tertiary/aromatic N) is 3. The largest absolute Gasteiger partial charge is 0.332 e. The molecule has 3 aromatic rings. The molecule has 0 aliphatic heterocycles. The number of carbonyl (C=O) groups is 2.